The summed E-state index contributed by atoms with van der Waals surface area (Å²) >= 11 is 0. The Labute approximate surface area is 207 Å². The summed E-state index contributed by atoms with van der Waals surface area (Å²) in [5, 5.41) is 4.93. The first-order valence-electron chi connectivity index (χ1n) is 12.3. The molecule has 5 aromatic rings. The van der Waals surface area contributed by atoms with Gasteiger partial charge in [0.1, 0.15) is 0 Å². The molecule has 0 spiro atoms. The van der Waals surface area contributed by atoms with Crippen LogP contribution in [0.2, 0.25) is 0 Å². The Morgan fingerprint density at radius 2 is 1.11 bits per heavy atom. The highest BCUT2D eigenvalue weighted by molar-refractivity contribution is 6.62. The molecule has 172 valence electrons. The van der Waals surface area contributed by atoms with Crippen LogP contribution < -0.4 is 5.46 Å². The predicted molar refractivity (Wildman–Crippen MR) is 148 cm³/mol. The van der Waals surface area contributed by atoms with Crippen molar-refractivity contribution >= 4 is 34.1 Å². The van der Waals surface area contributed by atoms with Crippen LogP contribution in [-0.4, -0.2) is 18.3 Å². The quantitative estimate of drug-likeness (QED) is 0.260. The number of fused-ring (bicyclic) bond motifs is 2. The summed E-state index contributed by atoms with van der Waals surface area (Å²) in [7, 11) is -0.351. The average Bonchev–Trinajstić information content (AvgIpc) is 3.09. The summed E-state index contributed by atoms with van der Waals surface area (Å²) in [6.45, 7) is 8.37. The van der Waals surface area contributed by atoms with Gasteiger partial charge in [0.2, 0.25) is 0 Å². The zero-order chi connectivity index (χ0) is 24.2. The van der Waals surface area contributed by atoms with Gasteiger partial charge in [0, 0.05) is 0 Å². The minimum Gasteiger partial charge on any atom is -0.399 e. The highest BCUT2D eigenvalue weighted by Gasteiger charge is 2.51. The highest BCUT2D eigenvalue weighted by atomic mass is 16.7. The first kappa shape index (κ1) is 22.1. The van der Waals surface area contributed by atoms with E-state index in [4.69, 9.17) is 9.31 Å². The molecule has 3 heteroatoms. The zero-order valence-corrected chi connectivity index (χ0v) is 20.7. The summed E-state index contributed by atoms with van der Waals surface area (Å²) in [4.78, 5) is 0. The monoisotopic (exact) mass is 456 g/mol. The lowest BCUT2D eigenvalue weighted by atomic mass is 9.78. The lowest BCUT2D eigenvalue weighted by Gasteiger charge is -2.32. The van der Waals surface area contributed by atoms with Crippen molar-refractivity contribution in [2.45, 2.75) is 38.9 Å². The molecular formula is C32H29BO2. The number of rotatable bonds is 3. The van der Waals surface area contributed by atoms with Crippen molar-refractivity contribution in [3.63, 3.8) is 0 Å². The average molecular weight is 456 g/mol. The molecule has 0 bridgehead atoms. The highest BCUT2D eigenvalue weighted by Crippen LogP contribution is 2.38. The van der Waals surface area contributed by atoms with E-state index in [1.54, 1.807) is 0 Å². The van der Waals surface area contributed by atoms with E-state index in [-0.39, 0.29) is 18.3 Å². The first-order valence-corrected chi connectivity index (χ1v) is 12.3. The van der Waals surface area contributed by atoms with Gasteiger partial charge in [0.15, 0.2) is 0 Å². The summed E-state index contributed by atoms with van der Waals surface area (Å²) in [5.74, 6) is 0. The molecule has 0 radical (unpaired) electrons. The Morgan fingerprint density at radius 3 is 1.80 bits per heavy atom. The SMILES string of the molecule is CC1(C)OB(c2ccc3cc(-c4cccc5cccc(-c6ccccc6)c45)ccc3c2)OC1(C)C. The van der Waals surface area contributed by atoms with Crippen molar-refractivity contribution in [1.29, 1.82) is 0 Å². The summed E-state index contributed by atoms with van der Waals surface area (Å²) < 4.78 is 12.5. The summed E-state index contributed by atoms with van der Waals surface area (Å²) in [5.41, 5.74) is 5.32. The molecule has 0 amide bonds. The van der Waals surface area contributed by atoms with E-state index >= 15 is 0 Å². The van der Waals surface area contributed by atoms with Crippen molar-refractivity contribution in [3.05, 3.63) is 103 Å². The second-order valence-electron chi connectivity index (χ2n) is 10.5. The maximum absolute atomic E-state index is 6.27. The van der Waals surface area contributed by atoms with Gasteiger partial charge in [-0.1, -0.05) is 97.1 Å². The maximum atomic E-state index is 6.27. The van der Waals surface area contributed by atoms with E-state index in [1.807, 2.05) is 0 Å². The predicted octanol–water partition coefficient (Wildman–Crippen LogP) is 7.63. The van der Waals surface area contributed by atoms with Crippen LogP contribution in [0.15, 0.2) is 103 Å². The van der Waals surface area contributed by atoms with Crippen LogP contribution in [0.5, 0.6) is 0 Å². The zero-order valence-electron chi connectivity index (χ0n) is 20.7. The minimum absolute atomic E-state index is 0.346. The minimum atomic E-state index is -0.351. The topological polar surface area (TPSA) is 18.5 Å². The smallest absolute Gasteiger partial charge is 0.399 e. The van der Waals surface area contributed by atoms with Crippen LogP contribution in [-0.2, 0) is 9.31 Å². The first-order chi connectivity index (χ1) is 16.8. The fraction of sp³-hybridized carbons (Fsp3) is 0.188. The molecule has 1 fully saturated rings. The van der Waals surface area contributed by atoms with Crippen molar-refractivity contribution < 1.29 is 9.31 Å². The summed E-state index contributed by atoms with van der Waals surface area (Å²) in [6.07, 6.45) is 0. The lowest BCUT2D eigenvalue weighted by molar-refractivity contribution is 0.00578. The van der Waals surface area contributed by atoms with Gasteiger partial charge in [-0.15, -0.1) is 0 Å². The molecule has 1 saturated heterocycles. The van der Waals surface area contributed by atoms with Gasteiger partial charge in [0.05, 0.1) is 11.2 Å². The summed E-state index contributed by atoms with van der Waals surface area (Å²) in [6, 6.07) is 37.0. The molecule has 0 aliphatic carbocycles. The van der Waals surface area contributed by atoms with E-state index in [0.29, 0.717) is 0 Å². The van der Waals surface area contributed by atoms with Crippen molar-refractivity contribution in [2.75, 3.05) is 0 Å². The second kappa shape index (κ2) is 8.08. The van der Waals surface area contributed by atoms with Crippen LogP contribution in [0.1, 0.15) is 27.7 Å². The molecule has 6 rings (SSSR count). The Bertz CT molecular complexity index is 1530. The van der Waals surface area contributed by atoms with Gasteiger partial charge in [0.25, 0.3) is 0 Å². The normalized spacial score (nSPS) is 16.7. The molecule has 35 heavy (non-hydrogen) atoms. The Morgan fingerprint density at radius 1 is 0.514 bits per heavy atom. The van der Waals surface area contributed by atoms with Crippen molar-refractivity contribution in [1.82, 2.24) is 0 Å². The third-order valence-corrected chi connectivity index (χ3v) is 7.69. The van der Waals surface area contributed by atoms with Gasteiger partial charge in [-0.2, -0.15) is 0 Å². The van der Waals surface area contributed by atoms with Crippen LogP contribution in [0.3, 0.4) is 0 Å². The van der Waals surface area contributed by atoms with Crippen molar-refractivity contribution in [3.8, 4) is 22.3 Å². The van der Waals surface area contributed by atoms with E-state index in [9.17, 15) is 0 Å². The molecule has 0 aromatic heterocycles. The lowest BCUT2D eigenvalue weighted by Crippen LogP contribution is -2.41. The molecule has 1 aliphatic heterocycles. The third-order valence-electron chi connectivity index (χ3n) is 7.69. The molecule has 2 nitrogen and oxygen atoms in total. The van der Waals surface area contributed by atoms with Gasteiger partial charge in [-0.25, -0.2) is 0 Å². The molecule has 1 heterocycles. The van der Waals surface area contributed by atoms with Gasteiger partial charge >= 0.3 is 7.12 Å². The number of benzene rings is 5. The molecule has 5 aromatic carbocycles. The van der Waals surface area contributed by atoms with Gasteiger partial charge < -0.3 is 9.31 Å². The van der Waals surface area contributed by atoms with Gasteiger partial charge in [-0.3, -0.25) is 0 Å². The Balaban J connectivity index is 1.44. The molecule has 1 aliphatic rings. The fourth-order valence-corrected chi connectivity index (χ4v) is 5.00. The Kier molecular flexibility index (Phi) is 5.10. The standard InChI is InChI=1S/C32H29BO2/c1-31(2)32(3,4)35-33(34-31)27-19-18-24-20-26(17-16-25(24)21-27)29-15-9-13-23-12-8-14-28(30(23)29)22-10-6-5-7-11-22/h5-21H,1-4H3. The van der Waals surface area contributed by atoms with Crippen LogP contribution in [0.4, 0.5) is 0 Å². The molecule has 0 atom stereocenters. The Hall–Kier alpha value is -3.40. The molecule has 0 N–H and O–H groups in total. The maximum Gasteiger partial charge on any atom is 0.494 e. The van der Waals surface area contributed by atoms with Crippen LogP contribution in [0, 0.1) is 0 Å². The fourth-order valence-electron chi connectivity index (χ4n) is 5.00. The molecule has 0 saturated carbocycles. The number of hydrogen-bond acceptors (Lipinski definition) is 2. The van der Waals surface area contributed by atoms with Crippen molar-refractivity contribution in [2.24, 2.45) is 0 Å². The van der Waals surface area contributed by atoms with E-state index < -0.39 is 0 Å². The van der Waals surface area contributed by atoms with Crippen LogP contribution in [0.25, 0.3) is 43.8 Å². The molecular weight excluding hydrogens is 427 g/mol. The third kappa shape index (κ3) is 3.76. The van der Waals surface area contributed by atoms with E-state index in [2.05, 4.69) is 131 Å². The molecule has 0 unspecified atom stereocenters. The van der Waals surface area contributed by atoms with E-state index in [0.717, 1.165) is 5.46 Å². The number of hydrogen-bond donors (Lipinski definition) is 0. The largest absolute Gasteiger partial charge is 0.494 e. The van der Waals surface area contributed by atoms with Gasteiger partial charge in [-0.05, 0) is 83.0 Å². The van der Waals surface area contributed by atoms with Crippen LogP contribution >= 0.6 is 0 Å². The second-order valence-corrected chi connectivity index (χ2v) is 10.5. The van der Waals surface area contributed by atoms with E-state index in [1.165, 1.54) is 43.8 Å².